The van der Waals surface area contributed by atoms with Gasteiger partial charge in [-0.25, -0.2) is 4.98 Å². The summed E-state index contributed by atoms with van der Waals surface area (Å²) in [5.74, 6) is -0.293. The lowest BCUT2D eigenvalue weighted by molar-refractivity contribution is -0.124. The molecular formula is C20H20N4O. The predicted molar refractivity (Wildman–Crippen MR) is 98.0 cm³/mol. The van der Waals surface area contributed by atoms with Crippen molar-refractivity contribution in [3.63, 3.8) is 0 Å². The maximum absolute atomic E-state index is 12.1. The van der Waals surface area contributed by atoms with E-state index in [1.807, 2.05) is 42.5 Å². The highest BCUT2D eigenvalue weighted by molar-refractivity contribution is 5.86. The van der Waals surface area contributed by atoms with Crippen molar-refractivity contribution in [1.82, 2.24) is 15.3 Å². The van der Waals surface area contributed by atoms with E-state index in [9.17, 15) is 4.79 Å². The summed E-state index contributed by atoms with van der Waals surface area (Å²) >= 11 is 0. The maximum Gasteiger partial charge on any atom is 0.229 e. The van der Waals surface area contributed by atoms with Crippen LogP contribution in [0.4, 0.5) is 0 Å². The number of benzene rings is 1. The average molecular weight is 332 g/mol. The van der Waals surface area contributed by atoms with Crippen LogP contribution in [-0.4, -0.2) is 29.0 Å². The molecule has 1 aromatic carbocycles. The molecule has 0 aliphatic carbocycles. The van der Waals surface area contributed by atoms with Crippen LogP contribution in [0.5, 0.6) is 0 Å². The van der Waals surface area contributed by atoms with Crippen molar-refractivity contribution in [2.45, 2.75) is 18.3 Å². The van der Waals surface area contributed by atoms with E-state index >= 15 is 0 Å². The predicted octanol–water partition coefficient (Wildman–Crippen LogP) is 2.40. The third kappa shape index (κ3) is 2.76. The summed E-state index contributed by atoms with van der Waals surface area (Å²) in [7, 11) is 0. The van der Waals surface area contributed by atoms with Gasteiger partial charge in [-0.3, -0.25) is 9.78 Å². The minimum Gasteiger partial charge on any atom is -0.369 e. The van der Waals surface area contributed by atoms with Gasteiger partial charge in [0, 0.05) is 17.1 Å². The summed E-state index contributed by atoms with van der Waals surface area (Å²) in [4.78, 5) is 21.4. The fourth-order valence-electron chi connectivity index (χ4n) is 3.54. The van der Waals surface area contributed by atoms with Gasteiger partial charge in [-0.2, -0.15) is 0 Å². The summed E-state index contributed by atoms with van der Waals surface area (Å²) in [6, 6.07) is 16.0. The van der Waals surface area contributed by atoms with E-state index in [4.69, 9.17) is 10.7 Å². The molecule has 0 bridgehead atoms. The zero-order valence-corrected chi connectivity index (χ0v) is 13.9. The van der Waals surface area contributed by atoms with Crippen molar-refractivity contribution in [3.05, 3.63) is 60.4 Å². The number of nitrogens with zero attached hydrogens (tertiary/aromatic N) is 2. The molecule has 2 aromatic heterocycles. The number of hydrogen-bond acceptors (Lipinski definition) is 4. The van der Waals surface area contributed by atoms with Gasteiger partial charge in [0.2, 0.25) is 5.91 Å². The number of fused-ring (bicyclic) bond motifs is 1. The van der Waals surface area contributed by atoms with Crippen LogP contribution in [0, 0.1) is 0 Å². The first-order valence-electron chi connectivity index (χ1n) is 8.52. The monoisotopic (exact) mass is 332 g/mol. The molecule has 0 saturated carbocycles. The molecule has 3 heterocycles. The van der Waals surface area contributed by atoms with Crippen LogP contribution < -0.4 is 11.1 Å². The number of nitrogens with two attached hydrogens (primary N) is 1. The molecule has 25 heavy (non-hydrogen) atoms. The molecule has 0 atom stereocenters. The first-order chi connectivity index (χ1) is 12.2. The fraction of sp³-hybridized carbons (Fsp3) is 0.250. The molecule has 1 aliphatic heterocycles. The average Bonchev–Trinajstić information content (AvgIpc) is 2.68. The topological polar surface area (TPSA) is 80.9 Å². The van der Waals surface area contributed by atoms with E-state index < -0.39 is 5.41 Å². The second kappa shape index (κ2) is 6.26. The standard InChI is InChI=1S/C20H20N4O/c21-19(25)20(9-11-22-12-10-20)18-8-6-15(13-23-18)17-7-5-14-3-1-2-4-16(14)24-17/h1-8,13,22H,9-12H2,(H2,21,25). The molecule has 0 unspecified atom stereocenters. The Labute approximate surface area is 146 Å². The van der Waals surface area contributed by atoms with Crippen LogP contribution >= 0.6 is 0 Å². The normalized spacial score (nSPS) is 16.6. The van der Waals surface area contributed by atoms with Crippen molar-refractivity contribution in [2.75, 3.05) is 13.1 Å². The van der Waals surface area contributed by atoms with Crippen molar-refractivity contribution in [2.24, 2.45) is 5.73 Å². The van der Waals surface area contributed by atoms with Crippen LogP contribution in [0.1, 0.15) is 18.5 Å². The molecule has 3 aromatic rings. The fourth-order valence-corrected chi connectivity index (χ4v) is 3.54. The van der Waals surface area contributed by atoms with Gasteiger partial charge < -0.3 is 11.1 Å². The molecule has 0 spiro atoms. The quantitative estimate of drug-likeness (QED) is 0.772. The number of hydrogen-bond donors (Lipinski definition) is 2. The lowest BCUT2D eigenvalue weighted by atomic mass is 9.75. The second-order valence-electron chi connectivity index (χ2n) is 6.52. The van der Waals surface area contributed by atoms with Crippen molar-refractivity contribution in [3.8, 4) is 11.3 Å². The van der Waals surface area contributed by atoms with Gasteiger partial charge in [-0.15, -0.1) is 0 Å². The highest BCUT2D eigenvalue weighted by atomic mass is 16.1. The molecule has 4 rings (SSSR count). The Kier molecular flexibility index (Phi) is 3.93. The Morgan fingerprint density at radius 2 is 1.84 bits per heavy atom. The molecule has 1 aliphatic rings. The molecule has 0 radical (unpaired) electrons. The number of carbonyl (C=O) groups is 1. The lowest BCUT2D eigenvalue weighted by Gasteiger charge is -2.34. The minimum absolute atomic E-state index is 0.293. The molecule has 5 nitrogen and oxygen atoms in total. The van der Waals surface area contributed by atoms with E-state index in [-0.39, 0.29) is 5.91 Å². The third-order valence-electron chi connectivity index (χ3n) is 5.08. The van der Waals surface area contributed by atoms with Crippen LogP contribution in [0.15, 0.2) is 54.7 Å². The van der Waals surface area contributed by atoms with Crippen molar-refractivity contribution >= 4 is 16.8 Å². The second-order valence-corrected chi connectivity index (χ2v) is 6.52. The van der Waals surface area contributed by atoms with Crippen molar-refractivity contribution < 1.29 is 4.79 Å². The van der Waals surface area contributed by atoms with E-state index in [2.05, 4.69) is 16.4 Å². The molecule has 3 N–H and O–H groups in total. The third-order valence-corrected chi connectivity index (χ3v) is 5.08. The Balaban J connectivity index is 1.70. The first-order valence-corrected chi connectivity index (χ1v) is 8.52. The molecule has 126 valence electrons. The van der Waals surface area contributed by atoms with E-state index in [1.165, 1.54) is 0 Å². The van der Waals surface area contributed by atoms with Gasteiger partial charge in [0.1, 0.15) is 0 Å². The molecule has 1 saturated heterocycles. The van der Waals surface area contributed by atoms with Crippen LogP contribution in [-0.2, 0) is 10.2 Å². The number of amides is 1. The number of primary amides is 1. The van der Waals surface area contributed by atoms with Crippen molar-refractivity contribution in [1.29, 1.82) is 0 Å². The van der Waals surface area contributed by atoms with Gasteiger partial charge in [0.05, 0.1) is 22.3 Å². The number of piperidine rings is 1. The van der Waals surface area contributed by atoms with E-state index in [1.54, 1.807) is 6.20 Å². The minimum atomic E-state index is -0.666. The summed E-state index contributed by atoms with van der Waals surface area (Å²) < 4.78 is 0. The SMILES string of the molecule is NC(=O)C1(c2ccc(-c3ccc4ccccc4n3)cn2)CCNCC1. The summed E-state index contributed by atoms with van der Waals surface area (Å²) in [6.07, 6.45) is 3.16. The summed E-state index contributed by atoms with van der Waals surface area (Å²) in [6.45, 7) is 1.55. The van der Waals surface area contributed by atoms with Gasteiger partial charge in [0.25, 0.3) is 0 Å². The van der Waals surface area contributed by atoms with Gasteiger partial charge in [-0.05, 0) is 50.2 Å². The van der Waals surface area contributed by atoms with Gasteiger partial charge in [0.15, 0.2) is 0 Å². The number of rotatable bonds is 3. The Morgan fingerprint density at radius 3 is 2.56 bits per heavy atom. The van der Waals surface area contributed by atoms with E-state index in [0.29, 0.717) is 12.8 Å². The summed E-state index contributed by atoms with van der Waals surface area (Å²) in [5, 5.41) is 4.38. The lowest BCUT2D eigenvalue weighted by Crippen LogP contribution is -2.49. The van der Waals surface area contributed by atoms with Gasteiger partial charge in [-0.1, -0.05) is 24.3 Å². The maximum atomic E-state index is 12.1. The zero-order valence-electron chi connectivity index (χ0n) is 13.9. The number of pyridine rings is 2. The smallest absolute Gasteiger partial charge is 0.229 e. The molecular weight excluding hydrogens is 312 g/mol. The number of aromatic nitrogens is 2. The Morgan fingerprint density at radius 1 is 1.04 bits per heavy atom. The number of carbonyl (C=O) groups excluding carboxylic acids is 1. The molecule has 1 fully saturated rings. The zero-order chi connectivity index (χ0) is 17.3. The van der Waals surface area contributed by atoms with Gasteiger partial charge >= 0.3 is 0 Å². The Hall–Kier alpha value is -2.79. The first kappa shape index (κ1) is 15.7. The van der Waals surface area contributed by atoms with Crippen LogP contribution in [0.25, 0.3) is 22.2 Å². The highest BCUT2D eigenvalue weighted by Crippen LogP contribution is 2.32. The Bertz CT molecular complexity index is 914. The van der Waals surface area contributed by atoms with E-state index in [0.717, 1.165) is 40.9 Å². The molecule has 1 amide bonds. The number of para-hydroxylation sites is 1. The largest absolute Gasteiger partial charge is 0.369 e. The number of nitrogens with one attached hydrogen (secondary N) is 1. The summed E-state index contributed by atoms with van der Waals surface area (Å²) in [5.41, 5.74) is 8.58. The van der Waals surface area contributed by atoms with Crippen LogP contribution in [0.3, 0.4) is 0 Å². The molecule has 5 heteroatoms. The van der Waals surface area contributed by atoms with Crippen LogP contribution in [0.2, 0.25) is 0 Å². The highest BCUT2D eigenvalue weighted by Gasteiger charge is 2.40.